The largest absolute Gasteiger partial charge is 0.368 e. The number of halogens is 1. The van der Waals surface area contributed by atoms with Gasteiger partial charge in [-0.05, 0) is 55.8 Å². The Labute approximate surface area is 214 Å². The summed E-state index contributed by atoms with van der Waals surface area (Å²) in [5.41, 5.74) is 2.57. The van der Waals surface area contributed by atoms with Crippen LogP contribution in [0.15, 0.2) is 53.4 Å². The first-order chi connectivity index (χ1) is 16.2. The summed E-state index contributed by atoms with van der Waals surface area (Å²) < 4.78 is 26.8. The van der Waals surface area contributed by atoms with E-state index in [1.807, 2.05) is 45.0 Å². The molecule has 1 fully saturated rings. The quantitative estimate of drug-likeness (QED) is 0.530. The molecule has 3 rings (SSSR count). The zero-order valence-electron chi connectivity index (χ0n) is 20.7. The fourth-order valence-electron chi connectivity index (χ4n) is 4.08. The summed E-state index contributed by atoms with van der Waals surface area (Å²) in [6, 6.07) is 13.9. The number of Topliss-reactive ketones (excluding diaryl/α,β-unsaturated/α-hetero) is 1. The summed E-state index contributed by atoms with van der Waals surface area (Å²) in [5.74, 6) is 0.0438. The average molecular weight is 523 g/mol. The van der Waals surface area contributed by atoms with Crippen molar-refractivity contribution in [2.24, 2.45) is 0 Å². The summed E-state index contributed by atoms with van der Waals surface area (Å²) in [6.45, 7) is 10.5. The first-order valence-corrected chi connectivity index (χ1v) is 13.1. The molecule has 35 heavy (non-hydrogen) atoms. The van der Waals surface area contributed by atoms with Crippen LogP contribution in [0.3, 0.4) is 0 Å². The number of piperazine rings is 1. The third-order valence-corrected chi connectivity index (χ3v) is 8.33. The molecular formula is C25H35ClN4O4S. The number of anilines is 1. The molecular weight excluding hydrogens is 488 g/mol. The molecule has 2 amide bonds. The van der Waals surface area contributed by atoms with Crippen LogP contribution in [0.4, 0.5) is 10.5 Å². The van der Waals surface area contributed by atoms with Crippen molar-refractivity contribution in [3.8, 4) is 0 Å². The van der Waals surface area contributed by atoms with E-state index < -0.39 is 10.0 Å². The van der Waals surface area contributed by atoms with Gasteiger partial charge in [0.25, 0.3) is 0 Å². The number of hydrogen-bond acceptors (Lipinski definition) is 5. The zero-order valence-corrected chi connectivity index (χ0v) is 22.4. The molecule has 1 N–H and O–H groups in total. The Morgan fingerprint density at radius 1 is 0.943 bits per heavy atom. The number of nitrogens with one attached hydrogen (secondary N) is 1. The van der Waals surface area contributed by atoms with Crippen molar-refractivity contribution in [3.05, 3.63) is 59.7 Å². The molecule has 0 spiro atoms. The Morgan fingerprint density at radius 3 is 1.97 bits per heavy atom. The van der Waals surface area contributed by atoms with Crippen molar-refractivity contribution in [3.63, 3.8) is 0 Å². The Morgan fingerprint density at radius 2 is 1.49 bits per heavy atom. The number of carbonyl (C=O) groups excluding carboxylic acids is 2. The number of nitrogens with zero attached hydrogens (tertiary/aromatic N) is 3. The highest BCUT2D eigenvalue weighted by molar-refractivity contribution is 7.89. The second-order valence-corrected chi connectivity index (χ2v) is 10.3. The number of rotatable bonds is 8. The van der Waals surface area contributed by atoms with Crippen LogP contribution in [-0.4, -0.2) is 68.7 Å². The van der Waals surface area contributed by atoms with Gasteiger partial charge in [0.15, 0.2) is 5.78 Å². The minimum absolute atomic E-state index is 0. The van der Waals surface area contributed by atoms with Crippen molar-refractivity contribution < 1.29 is 18.0 Å². The number of carbonyl (C=O) groups is 2. The maximum Gasteiger partial charge on any atom is 0.317 e. The number of hydrogen-bond donors (Lipinski definition) is 1. The van der Waals surface area contributed by atoms with E-state index in [-0.39, 0.29) is 35.2 Å². The number of amides is 2. The third kappa shape index (κ3) is 6.74. The summed E-state index contributed by atoms with van der Waals surface area (Å²) in [7, 11) is -3.50. The van der Waals surface area contributed by atoms with Crippen molar-refractivity contribution >= 4 is 39.9 Å². The Kier molecular flexibility index (Phi) is 10.1. The lowest BCUT2D eigenvalue weighted by Gasteiger charge is -2.36. The van der Waals surface area contributed by atoms with Crippen LogP contribution in [0.25, 0.3) is 0 Å². The van der Waals surface area contributed by atoms with E-state index in [9.17, 15) is 18.0 Å². The molecule has 0 aromatic heterocycles. The smallest absolute Gasteiger partial charge is 0.317 e. The van der Waals surface area contributed by atoms with Gasteiger partial charge in [-0.3, -0.25) is 4.79 Å². The maximum atomic E-state index is 12.8. The molecule has 1 atom stereocenters. The van der Waals surface area contributed by atoms with Gasteiger partial charge in [0, 0.05) is 50.5 Å². The van der Waals surface area contributed by atoms with Gasteiger partial charge < -0.3 is 15.1 Å². The zero-order chi connectivity index (χ0) is 24.9. The molecule has 2 aromatic rings. The molecule has 8 nitrogen and oxygen atoms in total. The van der Waals surface area contributed by atoms with Gasteiger partial charge in [0.1, 0.15) is 0 Å². The van der Waals surface area contributed by atoms with Crippen molar-refractivity contribution in [1.82, 2.24) is 14.5 Å². The summed E-state index contributed by atoms with van der Waals surface area (Å²) in [6.07, 6.45) is 0. The molecule has 1 aliphatic rings. The van der Waals surface area contributed by atoms with Crippen LogP contribution in [0.5, 0.6) is 0 Å². The van der Waals surface area contributed by atoms with E-state index in [0.29, 0.717) is 44.8 Å². The predicted octanol–water partition coefficient (Wildman–Crippen LogP) is 3.93. The standard InChI is InChI=1S/C25H34N4O4S.ClH/c1-5-29(6-2)34(32,33)24-13-9-21(10-14-24)19(3)26-25(31)28-17-15-27(16-18-28)23-11-7-22(8-12-23)20(4)30;/h7-14,19H,5-6,15-18H2,1-4H3,(H,26,31);1H. The van der Waals surface area contributed by atoms with E-state index in [1.165, 1.54) is 4.31 Å². The van der Waals surface area contributed by atoms with Gasteiger partial charge in [-0.1, -0.05) is 26.0 Å². The topological polar surface area (TPSA) is 90.0 Å². The van der Waals surface area contributed by atoms with E-state index in [1.54, 1.807) is 36.1 Å². The van der Waals surface area contributed by atoms with Gasteiger partial charge in [0.2, 0.25) is 10.0 Å². The Balaban J connectivity index is 0.00000432. The highest BCUT2D eigenvalue weighted by atomic mass is 35.5. The third-order valence-electron chi connectivity index (χ3n) is 6.27. The highest BCUT2D eigenvalue weighted by Crippen LogP contribution is 2.21. The number of benzene rings is 2. The minimum Gasteiger partial charge on any atom is -0.368 e. The maximum absolute atomic E-state index is 12.8. The Hall–Kier alpha value is -2.62. The summed E-state index contributed by atoms with van der Waals surface area (Å²) in [5, 5.41) is 3.01. The SMILES string of the molecule is CCN(CC)S(=O)(=O)c1ccc(C(C)NC(=O)N2CCN(c3ccc(C(C)=O)cc3)CC2)cc1.Cl. The summed E-state index contributed by atoms with van der Waals surface area (Å²) >= 11 is 0. The lowest BCUT2D eigenvalue weighted by molar-refractivity contribution is 0.101. The van der Waals surface area contributed by atoms with E-state index in [4.69, 9.17) is 0 Å². The molecule has 10 heteroatoms. The van der Waals surface area contributed by atoms with Crippen molar-refractivity contribution in [2.45, 2.75) is 38.6 Å². The first-order valence-electron chi connectivity index (χ1n) is 11.7. The molecule has 0 saturated carbocycles. The van der Waals surface area contributed by atoms with Crippen LogP contribution < -0.4 is 10.2 Å². The van der Waals surface area contributed by atoms with Gasteiger partial charge >= 0.3 is 6.03 Å². The van der Waals surface area contributed by atoms with E-state index in [0.717, 1.165) is 11.3 Å². The molecule has 192 valence electrons. The van der Waals surface area contributed by atoms with Crippen LogP contribution in [0.1, 0.15) is 49.7 Å². The monoisotopic (exact) mass is 522 g/mol. The van der Waals surface area contributed by atoms with Crippen LogP contribution in [-0.2, 0) is 10.0 Å². The van der Waals surface area contributed by atoms with Crippen LogP contribution >= 0.6 is 12.4 Å². The van der Waals surface area contributed by atoms with Gasteiger partial charge in [-0.15, -0.1) is 12.4 Å². The summed E-state index contributed by atoms with van der Waals surface area (Å²) in [4.78, 5) is 28.5. The molecule has 0 bridgehead atoms. The molecule has 1 saturated heterocycles. The lowest BCUT2D eigenvalue weighted by atomic mass is 10.1. The lowest BCUT2D eigenvalue weighted by Crippen LogP contribution is -2.52. The van der Waals surface area contributed by atoms with Gasteiger partial charge in [0.05, 0.1) is 10.9 Å². The van der Waals surface area contributed by atoms with Crippen LogP contribution in [0, 0.1) is 0 Å². The average Bonchev–Trinajstić information content (AvgIpc) is 2.84. The fourth-order valence-corrected chi connectivity index (χ4v) is 5.53. The van der Waals surface area contributed by atoms with Crippen LogP contribution in [0.2, 0.25) is 0 Å². The molecule has 1 heterocycles. The van der Waals surface area contributed by atoms with Crippen molar-refractivity contribution in [2.75, 3.05) is 44.2 Å². The van der Waals surface area contributed by atoms with Crippen molar-refractivity contribution in [1.29, 1.82) is 0 Å². The first kappa shape index (κ1) is 28.6. The van der Waals surface area contributed by atoms with E-state index in [2.05, 4.69) is 10.2 Å². The number of urea groups is 1. The van der Waals surface area contributed by atoms with Gasteiger partial charge in [-0.2, -0.15) is 4.31 Å². The number of ketones is 1. The molecule has 1 aliphatic heterocycles. The number of sulfonamides is 1. The van der Waals surface area contributed by atoms with E-state index >= 15 is 0 Å². The molecule has 1 unspecified atom stereocenters. The predicted molar refractivity (Wildman–Crippen MR) is 141 cm³/mol. The molecule has 0 aliphatic carbocycles. The second-order valence-electron chi connectivity index (χ2n) is 8.41. The second kappa shape index (κ2) is 12.4. The fraction of sp³-hybridized carbons (Fsp3) is 0.440. The molecule has 0 radical (unpaired) electrons. The Bertz CT molecular complexity index is 1100. The minimum atomic E-state index is -3.50. The molecule has 2 aromatic carbocycles. The highest BCUT2D eigenvalue weighted by Gasteiger charge is 2.24. The van der Waals surface area contributed by atoms with Gasteiger partial charge in [-0.25, -0.2) is 13.2 Å². The normalized spacial score (nSPS) is 14.9.